The quantitative estimate of drug-likeness (QED) is 0.0949. The molecule has 222 valence electrons. The predicted octanol–water partition coefficient (Wildman–Crippen LogP) is -3.64. The number of carboxylic acid groups (broad SMARTS) is 1. The van der Waals surface area contributed by atoms with Crippen molar-refractivity contribution in [2.75, 3.05) is 19.7 Å². The van der Waals surface area contributed by atoms with Crippen LogP contribution in [0.4, 0.5) is 0 Å². The summed E-state index contributed by atoms with van der Waals surface area (Å²) >= 11 is 0. The Hall–Kier alpha value is -4.08. The maximum absolute atomic E-state index is 12.8. The van der Waals surface area contributed by atoms with Gasteiger partial charge in [-0.25, -0.2) is 0 Å². The van der Waals surface area contributed by atoms with Crippen molar-refractivity contribution in [3.8, 4) is 0 Å². The number of amides is 5. The van der Waals surface area contributed by atoms with Crippen molar-refractivity contribution in [3.63, 3.8) is 0 Å². The van der Waals surface area contributed by atoms with E-state index in [9.17, 15) is 39.0 Å². The lowest BCUT2D eigenvalue weighted by Gasteiger charge is -2.25. The maximum atomic E-state index is 12.8. The lowest BCUT2D eigenvalue weighted by atomic mass is 10.0. The number of benzene rings is 1. The summed E-state index contributed by atoms with van der Waals surface area (Å²) in [6, 6.07) is 3.57. The van der Waals surface area contributed by atoms with E-state index in [4.69, 9.17) is 10.8 Å². The van der Waals surface area contributed by atoms with Gasteiger partial charge in [-0.3, -0.25) is 28.8 Å². The van der Waals surface area contributed by atoms with Crippen molar-refractivity contribution in [1.82, 2.24) is 26.6 Å². The largest absolute Gasteiger partial charge is 0.480 e. The SMILES string of the molecule is CC(C)[C@H](NC(=O)[C@H](CO)NC(=O)[C@@H](N)[C@@H](C)O)C(=O)NCC(=O)N[C@@H](Cc1ccccc1)C(=O)NCC(=O)O. The number of nitrogens with two attached hydrogens (primary N) is 1. The molecule has 1 aromatic rings. The molecular formula is C25H38N6O9. The molecule has 10 N–H and O–H groups in total. The number of rotatable bonds is 16. The molecule has 0 aromatic heterocycles. The zero-order valence-corrected chi connectivity index (χ0v) is 22.5. The van der Waals surface area contributed by atoms with E-state index in [1.165, 1.54) is 6.92 Å². The summed E-state index contributed by atoms with van der Waals surface area (Å²) in [6.07, 6.45) is -1.15. The van der Waals surface area contributed by atoms with Crippen LogP contribution in [0.5, 0.6) is 0 Å². The van der Waals surface area contributed by atoms with E-state index in [1.807, 2.05) is 0 Å². The average Bonchev–Trinajstić information content (AvgIpc) is 2.91. The monoisotopic (exact) mass is 566 g/mol. The topological polar surface area (TPSA) is 249 Å². The van der Waals surface area contributed by atoms with E-state index >= 15 is 0 Å². The van der Waals surface area contributed by atoms with Crippen LogP contribution in [-0.4, -0.2) is 101 Å². The van der Waals surface area contributed by atoms with Crippen molar-refractivity contribution < 1.29 is 44.1 Å². The molecule has 0 spiro atoms. The zero-order valence-electron chi connectivity index (χ0n) is 22.5. The second kappa shape index (κ2) is 16.8. The van der Waals surface area contributed by atoms with Gasteiger partial charge in [0.05, 0.1) is 19.3 Å². The Labute approximate surface area is 231 Å². The van der Waals surface area contributed by atoms with Crippen molar-refractivity contribution >= 4 is 35.5 Å². The second-order valence-electron chi connectivity index (χ2n) is 9.38. The minimum absolute atomic E-state index is 0.0592. The molecule has 5 amide bonds. The van der Waals surface area contributed by atoms with Gasteiger partial charge in [-0.1, -0.05) is 44.2 Å². The summed E-state index contributed by atoms with van der Waals surface area (Å²) in [7, 11) is 0. The van der Waals surface area contributed by atoms with Crippen LogP contribution >= 0.6 is 0 Å². The summed E-state index contributed by atoms with van der Waals surface area (Å²) in [5.41, 5.74) is 6.23. The first kappa shape index (κ1) is 33.9. The number of carboxylic acids is 1. The number of aliphatic carboxylic acids is 1. The maximum Gasteiger partial charge on any atom is 0.322 e. The van der Waals surface area contributed by atoms with E-state index in [-0.39, 0.29) is 6.42 Å². The van der Waals surface area contributed by atoms with Crippen LogP contribution in [0.2, 0.25) is 0 Å². The molecule has 5 atom stereocenters. The van der Waals surface area contributed by atoms with Crippen LogP contribution in [0, 0.1) is 5.92 Å². The Kier molecular flexibility index (Phi) is 14.2. The van der Waals surface area contributed by atoms with Crippen LogP contribution in [0.15, 0.2) is 30.3 Å². The van der Waals surface area contributed by atoms with Crippen LogP contribution < -0.4 is 32.3 Å². The molecule has 0 radical (unpaired) electrons. The number of carbonyl (C=O) groups excluding carboxylic acids is 5. The van der Waals surface area contributed by atoms with Crippen molar-refractivity contribution in [2.45, 2.75) is 57.5 Å². The highest BCUT2D eigenvalue weighted by Crippen LogP contribution is 2.05. The highest BCUT2D eigenvalue weighted by molar-refractivity contribution is 5.95. The van der Waals surface area contributed by atoms with Crippen LogP contribution in [0.3, 0.4) is 0 Å². The number of hydrogen-bond donors (Lipinski definition) is 9. The van der Waals surface area contributed by atoms with Gasteiger partial charge >= 0.3 is 5.97 Å². The standard InChI is InChI=1S/C25H38N6O9/c1-13(2)21(31-23(38)17(12-32)30-24(39)20(26)14(3)33)25(40)27-10-18(34)29-16(22(37)28-11-19(35)36)9-15-7-5-4-6-8-15/h4-8,13-14,16-17,20-21,32-33H,9-12,26H2,1-3H3,(H,27,40)(H,28,37)(H,29,34)(H,30,39)(H,31,38)(H,35,36)/t14-,16+,17+,20+,21+/m1/s1. The highest BCUT2D eigenvalue weighted by Gasteiger charge is 2.30. The van der Waals surface area contributed by atoms with Crippen molar-refractivity contribution in [1.29, 1.82) is 0 Å². The molecule has 15 nitrogen and oxygen atoms in total. The molecule has 0 saturated heterocycles. The number of hydrogen-bond acceptors (Lipinski definition) is 9. The summed E-state index contributed by atoms with van der Waals surface area (Å²) in [5, 5.41) is 39.4. The van der Waals surface area contributed by atoms with Crippen LogP contribution in [0.25, 0.3) is 0 Å². The predicted molar refractivity (Wildman–Crippen MR) is 141 cm³/mol. The van der Waals surface area contributed by atoms with Gasteiger partial charge in [-0.05, 0) is 18.4 Å². The smallest absolute Gasteiger partial charge is 0.322 e. The van der Waals surface area contributed by atoms with Gasteiger partial charge in [0.1, 0.15) is 30.7 Å². The van der Waals surface area contributed by atoms with E-state index in [0.29, 0.717) is 5.56 Å². The molecule has 40 heavy (non-hydrogen) atoms. The van der Waals surface area contributed by atoms with Gasteiger partial charge in [0.15, 0.2) is 0 Å². The molecule has 1 rings (SSSR count). The lowest BCUT2D eigenvalue weighted by molar-refractivity contribution is -0.138. The Morgan fingerprint density at radius 2 is 1.40 bits per heavy atom. The van der Waals surface area contributed by atoms with Gasteiger partial charge in [0, 0.05) is 6.42 Å². The fourth-order valence-corrected chi connectivity index (χ4v) is 3.34. The van der Waals surface area contributed by atoms with Gasteiger partial charge < -0.3 is 47.6 Å². The van der Waals surface area contributed by atoms with Gasteiger partial charge in [0.2, 0.25) is 29.5 Å². The summed E-state index contributed by atoms with van der Waals surface area (Å²) in [6.45, 7) is 2.48. The van der Waals surface area contributed by atoms with E-state index in [2.05, 4.69) is 26.6 Å². The molecular weight excluding hydrogens is 528 g/mol. The summed E-state index contributed by atoms with van der Waals surface area (Å²) in [4.78, 5) is 73.4. The van der Waals surface area contributed by atoms with Crippen molar-refractivity contribution in [3.05, 3.63) is 35.9 Å². The lowest BCUT2D eigenvalue weighted by Crippen LogP contribution is -2.59. The van der Waals surface area contributed by atoms with E-state index < -0.39 is 91.4 Å². The number of aliphatic hydroxyl groups excluding tert-OH is 2. The first-order chi connectivity index (χ1) is 18.8. The molecule has 0 heterocycles. The highest BCUT2D eigenvalue weighted by atomic mass is 16.4. The van der Waals surface area contributed by atoms with Crippen molar-refractivity contribution in [2.24, 2.45) is 11.7 Å². The third-order valence-corrected chi connectivity index (χ3v) is 5.66. The first-order valence-electron chi connectivity index (χ1n) is 12.5. The minimum Gasteiger partial charge on any atom is -0.480 e. The van der Waals surface area contributed by atoms with Crippen LogP contribution in [-0.2, 0) is 35.2 Å². The van der Waals surface area contributed by atoms with Gasteiger partial charge in [-0.15, -0.1) is 0 Å². The second-order valence-corrected chi connectivity index (χ2v) is 9.38. The fraction of sp³-hybridized carbons (Fsp3) is 0.520. The summed E-state index contributed by atoms with van der Waals surface area (Å²) in [5.74, 6) is -5.76. The number of aliphatic hydroxyl groups is 2. The molecule has 0 unspecified atom stereocenters. The normalized spacial score (nSPS) is 14.6. The average molecular weight is 567 g/mol. The molecule has 0 aliphatic carbocycles. The third kappa shape index (κ3) is 11.8. The van der Waals surface area contributed by atoms with Gasteiger partial charge in [-0.2, -0.15) is 0 Å². The Balaban J connectivity index is 2.81. The first-order valence-corrected chi connectivity index (χ1v) is 12.5. The van der Waals surface area contributed by atoms with E-state index in [1.54, 1.807) is 44.2 Å². The Morgan fingerprint density at radius 1 is 0.800 bits per heavy atom. The third-order valence-electron chi connectivity index (χ3n) is 5.66. The molecule has 0 fully saturated rings. The molecule has 0 aliphatic heterocycles. The fourth-order valence-electron chi connectivity index (χ4n) is 3.34. The summed E-state index contributed by atoms with van der Waals surface area (Å²) < 4.78 is 0. The molecule has 0 saturated carbocycles. The molecule has 15 heteroatoms. The molecule has 0 bridgehead atoms. The minimum atomic E-state index is -1.46. The molecule has 0 aliphatic rings. The zero-order chi connectivity index (χ0) is 30.4. The Morgan fingerprint density at radius 3 is 1.93 bits per heavy atom. The van der Waals surface area contributed by atoms with Gasteiger partial charge in [0.25, 0.3) is 0 Å². The number of nitrogens with one attached hydrogen (secondary N) is 5. The molecule has 1 aromatic carbocycles. The number of carbonyl (C=O) groups is 6. The van der Waals surface area contributed by atoms with E-state index in [0.717, 1.165) is 0 Å². The Bertz CT molecular complexity index is 1030. The van der Waals surface area contributed by atoms with Crippen LogP contribution in [0.1, 0.15) is 26.3 Å².